The van der Waals surface area contributed by atoms with E-state index in [-0.39, 0.29) is 17.2 Å². The van der Waals surface area contributed by atoms with Crippen LogP contribution < -0.4 is 5.32 Å². The van der Waals surface area contributed by atoms with E-state index in [4.69, 9.17) is 4.52 Å². The highest BCUT2D eigenvalue weighted by atomic mass is 16.5. The molecule has 1 aromatic heterocycles. The molecule has 2 aromatic rings. The van der Waals surface area contributed by atoms with Crippen LogP contribution in [0, 0.1) is 5.92 Å². The third kappa shape index (κ3) is 5.07. The molecule has 0 spiro atoms. The van der Waals surface area contributed by atoms with Crippen LogP contribution in [-0.4, -0.2) is 40.6 Å². The average Bonchev–Trinajstić information content (AvgIpc) is 3.14. The number of hydrogen-bond acceptors (Lipinski definition) is 5. The van der Waals surface area contributed by atoms with Crippen LogP contribution in [0.5, 0.6) is 0 Å². The van der Waals surface area contributed by atoms with E-state index < -0.39 is 0 Å². The first kappa shape index (κ1) is 20.3. The number of nitrogens with one attached hydrogen (secondary N) is 1. The number of likely N-dealkylation sites (tertiary alicyclic amines) is 1. The Kier molecular flexibility index (Phi) is 6.29. The van der Waals surface area contributed by atoms with Crippen LogP contribution in [-0.2, 0) is 16.8 Å². The fourth-order valence-electron chi connectivity index (χ4n) is 3.48. The molecule has 28 heavy (non-hydrogen) atoms. The van der Waals surface area contributed by atoms with E-state index in [2.05, 4.69) is 59.8 Å². The van der Waals surface area contributed by atoms with Crippen LogP contribution in [0.25, 0.3) is 11.4 Å². The Bertz CT molecular complexity index is 805. The van der Waals surface area contributed by atoms with Gasteiger partial charge in [0.25, 0.3) is 0 Å². The Morgan fingerprint density at radius 1 is 1.36 bits per heavy atom. The van der Waals surface area contributed by atoms with Crippen LogP contribution >= 0.6 is 0 Å². The Morgan fingerprint density at radius 2 is 2.11 bits per heavy atom. The minimum Gasteiger partial charge on any atom is -0.352 e. The molecule has 0 aliphatic carbocycles. The number of nitrogens with zero attached hydrogens (tertiary/aromatic N) is 3. The molecular formula is C22H30N4O2. The monoisotopic (exact) mass is 382 g/mol. The van der Waals surface area contributed by atoms with Crippen LogP contribution in [0.15, 0.2) is 41.4 Å². The van der Waals surface area contributed by atoms with Gasteiger partial charge >= 0.3 is 0 Å². The lowest BCUT2D eigenvalue weighted by molar-refractivity contribution is -0.126. The van der Waals surface area contributed by atoms with Crippen LogP contribution in [0.2, 0.25) is 0 Å². The quantitative estimate of drug-likeness (QED) is 0.774. The summed E-state index contributed by atoms with van der Waals surface area (Å²) < 4.78 is 5.46. The fraction of sp³-hybridized carbons (Fsp3) is 0.500. The number of hydrogen-bond donors (Lipinski definition) is 1. The van der Waals surface area contributed by atoms with Crippen molar-refractivity contribution >= 4 is 5.91 Å². The summed E-state index contributed by atoms with van der Waals surface area (Å²) in [5, 5.41) is 7.03. The van der Waals surface area contributed by atoms with E-state index in [0.29, 0.717) is 31.3 Å². The van der Waals surface area contributed by atoms with Crippen LogP contribution in [0.3, 0.4) is 0 Å². The largest absolute Gasteiger partial charge is 0.352 e. The summed E-state index contributed by atoms with van der Waals surface area (Å²) in [6.07, 6.45) is 3.60. The lowest BCUT2D eigenvalue weighted by Crippen LogP contribution is -2.42. The van der Waals surface area contributed by atoms with Gasteiger partial charge in [-0.15, -0.1) is 6.58 Å². The SMILES string of the molecule is C=CCNC(=O)C1CCCN(Cc2nc(-c3ccc(C(C)(C)C)cc3)no2)C1. The molecule has 150 valence electrons. The molecule has 0 saturated carbocycles. The zero-order chi connectivity index (χ0) is 20.1. The summed E-state index contributed by atoms with van der Waals surface area (Å²) in [6, 6.07) is 8.30. The Hall–Kier alpha value is -2.47. The van der Waals surface area contributed by atoms with Crippen molar-refractivity contribution in [2.45, 2.75) is 45.6 Å². The summed E-state index contributed by atoms with van der Waals surface area (Å²) in [5.74, 6) is 1.28. The molecule has 1 amide bonds. The van der Waals surface area contributed by atoms with E-state index in [1.807, 2.05) is 12.1 Å². The summed E-state index contributed by atoms with van der Waals surface area (Å²) in [4.78, 5) is 19.0. The summed E-state index contributed by atoms with van der Waals surface area (Å²) in [5.41, 5.74) is 2.33. The van der Waals surface area contributed by atoms with Crippen LogP contribution in [0.1, 0.15) is 45.1 Å². The fourth-order valence-corrected chi connectivity index (χ4v) is 3.48. The zero-order valence-corrected chi connectivity index (χ0v) is 17.1. The van der Waals surface area contributed by atoms with E-state index in [1.165, 1.54) is 5.56 Å². The van der Waals surface area contributed by atoms with Gasteiger partial charge in [-0.3, -0.25) is 9.69 Å². The second-order valence-corrected chi connectivity index (χ2v) is 8.45. The van der Waals surface area contributed by atoms with Gasteiger partial charge in [-0.1, -0.05) is 56.3 Å². The number of benzene rings is 1. The minimum absolute atomic E-state index is 0.000958. The van der Waals surface area contributed by atoms with Crippen molar-refractivity contribution < 1.29 is 9.32 Å². The van der Waals surface area contributed by atoms with Gasteiger partial charge in [-0.2, -0.15) is 4.98 Å². The standard InChI is InChI=1S/C22H30N4O2/c1-5-12-23-21(27)17-7-6-13-26(14-17)15-19-24-20(25-28-19)16-8-10-18(11-9-16)22(2,3)4/h5,8-11,17H,1,6-7,12-15H2,2-4H3,(H,23,27). The highest BCUT2D eigenvalue weighted by Crippen LogP contribution is 2.25. The van der Waals surface area contributed by atoms with E-state index in [0.717, 1.165) is 24.9 Å². The Balaban J connectivity index is 1.61. The zero-order valence-electron chi connectivity index (χ0n) is 17.1. The highest BCUT2D eigenvalue weighted by Gasteiger charge is 2.26. The van der Waals surface area contributed by atoms with Crippen molar-refractivity contribution in [2.75, 3.05) is 19.6 Å². The molecule has 1 unspecified atom stereocenters. The molecule has 1 aromatic carbocycles. The summed E-state index contributed by atoms with van der Waals surface area (Å²) in [7, 11) is 0. The van der Waals surface area contributed by atoms with Crippen LogP contribution in [0.4, 0.5) is 0 Å². The van der Waals surface area contributed by atoms with E-state index in [9.17, 15) is 4.79 Å². The van der Waals surface area contributed by atoms with Gasteiger partial charge in [-0.05, 0) is 30.4 Å². The van der Waals surface area contributed by atoms with E-state index >= 15 is 0 Å². The molecule has 3 rings (SSSR count). The normalized spacial score (nSPS) is 18.0. The second kappa shape index (κ2) is 8.69. The number of aromatic nitrogens is 2. The molecule has 1 N–H and O–H groups in total. The van der Waals surface area contributed by atoms with Gasteiger partial charge in [0.05, 0.1) is 12.5 Å². The number of carbonyl (C=O) groups is 1. The molecule has 1 aliphatic heterocycles. The first-order valence-corrected chi connectivity index (χ1v) is 9.91. The maximum Gasteiger partial charge on any atom is 0.241 e. The highest BCUT2D eigenvalue weighted by molar-refractivity contribution is 5.79. The molecule has 0 bridgehead atoms. The Labute approximate surface area is 167 Å². The van der Waals surface area contributed by atoms with Gasteiger partial charge in [-0.25, -0.2) is 0 Å². The van der Waals surface area contributed by atoms with Crippen molar-refractivity contribution in [1.82, 2.24) is 20.4 Å². The summed E-state index contributed by atoms with van der Waals surface area (Å²) >= 11 is 0. The number of rotatable bonds is 6. The number of piperidine rings is 1. The molecule has 1 atom stereocenters. The predicted molar refractivity (Wildman–Crippen MR) is 110 cm³/mol. The molecule has 6 heteroatoms. The van der Waals surface area contributed by atoms with Crippen molar-refractivity contribution in [3.8, 4) is 11.4 Å². The lowest BCUT2D eigenvalue weighted by atomic mass is 9.87. The van der Waals surface area contributed by atoms with Crippen molar-refractivity contribution in [3.05, 3.63) is 48.4 Å². The minimum atomic E-state index is 0.000958. The first-order valence-electron chi connectivity index (χ1n) is 9.91. The van der Waals surface area contributed by atoms with Crippen molar-refractivity contribution in [3.63, 3.8) is 0 Å². The van der Waals surface area contributed by atoms with Crippen molar-refractivity contribution in [1.29, 1.82) is 0 Å². The first-order chi connectivity index (χ1) is 13.4. The molecule has 0 radical (unpaired) electrons. The maximum absolute atomic E-state index is 12.2. The van der Waals surface area contributed by atoms with Gasteiger partial charge < -0.3 is 9.84 Å². The molecule has 1 fully saturated rings. The predicted octanol–water partition coefficient (Wildman–Crippen LogP) is 3.55. The number of carbonyl (C=O) groups excluding carboxylic acids is 1. The smallest absolute Gasteiger partial charge is 0.241 e. The number of amides is 1. The molecule has 2 heterocycles. The Morgan fingerprint density at radius 3 is 2.79 bits per heavy atom. The van der Waals surface area contributed by atoms with Crippen molar-refractivity contribution in [2.24, 2.45) is 5.92 Å². The lowest BCUT2D eigenvalue weighted by Gasteiger charge is -2.30. The van der Waals surface area contributed by atoms with Gasteiger partial charge in [0.2, 0.25) is 17.6 Å². The second-order valence-electron chi connectivity index (χ2n) is 8.45. The summed E-state index contributed by atoms with van der Waals surface area (Å²) in [6.45, 7) is 12.9. The topological polar surface area (TPSA) is 71.3 Å². The molecule has 1 aliphatic rings. The third-order valence-electron chi connectivity index (χ3n) is 5.13. The van der Waals surface area contributed by atoms with Gasteiger partial charge in [0.15, 0.2) is 0 Å². The maximum atomic E-state index is 12.2. The third-order valence-corrected chi connectivity index (χ3v) is 5.13. The average molecular weight is 383 g/mol. The molecule has 6 nitrogen and oxygen atoms in total. The van der Waals surface area contributed by atoms with Gasteiger partial charge in [0, 0.05) is 18.7 Å². The van der Waals surface area contributed by atoms with Gasteiger partial charge in [0.1, 0.15) is 0 Å². The van der Waals surface area contributed by atoms with E-state index in [1.54, 1.807) is 6.08 Å². The molecule has 1 saturated heterocycles. The molecular weight excluding hydrogens is 352 g/mol.